The number of benzene rings is 3. The molecule has 0 amide bonds. The third-order valence-electron chi connectivity index (χ3n) is 7.66. The van der Waals surface area contributed by atoms with Gasteiger partial charge in [0, 0.05) is 23.1 Å². The minimum absolute atomic E-state index is 0.0165. The molecular formula is C31H23F2NO3. The number of rotatable bonds is 5. The molecule has 0 atom stereocenters. The van der Waals surface area contributed by atoms with E-state index in [0.29, 0.717) is 24.1 Å². The lowest BCUT2D eigenvalue weighted by molar-refractivity contribution is -0.286. The molecule has 1 aliphatic heterocycles. The summed E-state index contributed by atoms with van der Waals surface area (Å²) in [6.45, 7) is 2.14. The maximum Gasteiger partial charge on any atom is 0.586 e. The highest BCUT2D eigenvalue weighted by molar-refractivity contribution is 5.98. The number of halogens is 2. The van der Waals surface area contributed by atoms with Crippen molar-refractivity contribution in [1.29, 1.82) is 0 Å². The fourth-order valence-electron chi connectivity index (χ4n) is 5.65. The molecule has 0 radical (unpaired) electrons. The van der Waals surface area contributed by atoms with Crippen LogP contribution in [0.15, 0.2) is 72.3 Å². The van der Waals surface area contributed by atoms with Crippen LogP contribution in [0.1, 0.15) is 42.1 Å². The van der Waals surface area contributed by atoms with Gasteiger partial charge < -0.3 is 9.47 Å². The highest BCUT2D eigenvalue weighted by Gasteiger charge is 2.52. The van der Waals surface area contributed by atoms with Gasteiger partial charge in [-0.3, -0.25) is 9.78 Å². The number of fused-ring (bicyclic) bond motifs is 3. The fraction of sp³-hybridized carbons (Fsp3) is 0.226. The first-order chi connectivity index (χ1) is 17.8. The van der Waals surface area contributed by atoms with E-state index in [1.54, 1.807) is 6.07 Å². The predicted octanol–water partition coefficient (Wildman–Crippen LogP) is 7.03. The second-order valence-corrected chi connectivity index (χ2v) is 10.3. The van der Waals surface area contributed by atoms with Gasteiger partial charge in [-0.25, -0.2) is 0 Å². The van der Waals surface area contributed by atoms with Crippen LogP contribution in [-0.2, 0) is 23.1 Å². The fourth-order valence-corrected chi connectivity index (χ4v) is 5.65. The Morgan fingerprint density at radius 3 is 2.62 bits per heavy atom. The molecule has 0 saturated heterocycles. The Kier molecular flexibility index (Phi) is 4.62. The topological polar surface area (TPSA) is 48.4 Å². The van der Waals surface area contributed by atoms with E-state index in [1.165, 1.54) is 28.8 Å². The van der Waals surface area contributed by atoms with Crippen LogP contribution in [0, 0.1) is 0 Å². The average Bonchev–Trinajstić information content (AvgIpc) is 3.50. The quantitative estimate of drug-likeness (QED) is 0.298. The molecule has 4 nitrogen and oxygen atoms in total. The molecule has 0 unspecified atom stereocenters. The van der Waals surface area contributed by atoms with Crippen LogP contribution < -0.4 is 9.47 Å². The van der Waals surface area contributed by atoms with Crippen molar-refractivity contribution in [3.8, 4) is 22.8 Å². The predicted molar refractivity (Wildman–Crippen MR) is 137 cm³/mol. The molecule has 3 aromatic carbocycles. The number of hydrogen-bond donors (Lipinski definition) is 0. The van der Waals surface area contributed by atoms with Crippen LogP contribution in [0.5, 0.6) is 11.5 Å². The molecule has 3 aliphatic rings. The summed E-state index contributed by atoms with van der Waals surface area (Å²) in [5.74, 6) is -0.0230. The van der Waals surface area contributed by atoms with E-state index in [-0.39, 0.29) is 23.7 Å². The summed E-state index contributed by atoms with van der Waals surface area (Å²) in [5.41, 5.74) is 6.42. The Labute approximate surface area is 212 Å². The summed E-state index contributed by atoms with van der Waals surface area (Å²) in [6, 6.07) is 21.2. The van der Waals surface area contributed by atoms with Crippen molar-refractivity contribution in [3.63, 3.8) is 0 Å². The number of ketones is 1. The van der Waals surface area contributed by atoms with Crippen LogP contribution in [0.4, 0.5) is 8.78 Å². The lowest BCUT2D eigenvalue weighted by atomic mass is 9.88. The molecule has 7 rings (SSSR count). The first kappa shape index (κ1) is 22.2. The zero-order valence-corrected chi connectivity index (χ0v) is 20.2. The van der Waals surface area contributed by atoms with Crippen LogP contribution in [-0.4, -0.2) is 17.1 Å². The number of carbonyl (C=O) groups is 1. The van der Waals surface area contributed by atoms with E-state index in [0.717, 1.165) is 28.5 Å². The van der Waals surface area contributed by atoms with Crippen molar-refractivity contribution in [2.24, 2.45) is 0 Å². The summed E-state index contributed by atoms with van der Waals surface area (Å²) in [6.07, 6.45) is 0.994. The summed E-state index contributed by atoms with van der Waals surface area (Å²) in [7, 11) is 0. The zero-order valence-electron chi connectivity index (χ0n) is 20.2. The maximum absolute atomic E-state index is 13.6. The summed E-state index contributed by atoms with van der Waals surface area (Å²) in [4.78, 5) is 18.6. The number of pyridine rings is 1. The minimum atomic E-state index is -3.68. The van der Waals surface area contributed by atoms with Crippen molar-refractivity contribution in [3.05, 3.63) is 94.7 Å². The molecule has 6 heteroatoms. The SMILES string of the molecule is CC1=Cc2cc(-c3nc(CC(=O)C4(c5ccc6c(c5)OC(F)(F)O6)CC4)cc4ccccc34)ccc2C1. The third kappa shape index (κ3) is 3.70. The van der Waals surface area contributed by atoms with Crippen LogP contribution in [0.2, 0.25) is 0 Å². The number of hydrogen-bond acceptors (Lipinski definition) is 4. The Morgan fingerprint density at radius 1 is 0.973 bits per heavy atom. The zero-order chi connectivity index (χ0) is 25.4. The molecule has 2 heterocycles. The summed E-state index contributed by atoms with van der Waals surface area (Å²) < 4.78 is 36.1. The molecule has 1 aromatic heterocycles. The van der Waals surface area contributed by atoms with Gasteiger partial charge in [-0.1, -0.05) is 54.1 Å². The average molecular weight is 496 g/mol. The number of allylic oxidation sites excluding steroid dienone is 1. The van der Waals surface area contributed by atoms with Crippen LogP contribution in [0.25, 0.3) is 28.1 Å². The standard InChI is InChI=1S/C31H23F2NO3/c1-18-12-19-6-7-21(14-22(19)13-18)29-25-5-3-2-4-20(25)15-24(34-29)17-28(35)30(10-11-30)23-8-9-26-27(16-23)37-31(32,33)36-26/h2-9,13-16H,10-12,17H2,1H3. The second kappa shape index (κ2) is 7.72. The number of alkyl halides is 2. The lowest BCUT2D eigenvalue weighted by Crippen LogP contribution is -2.26. The summed E-state index contributed by atoms with van der Waals surface area (Å²) >= 11 is 0. The van der Waals surface area contributed by atoms with Crippen LogP contribution >= 0.6 is 0 Å². The largest absolute Gasteiger partial charge is 0.586 e. The van der Waals surface area contributed by atoms with E-state index in [9.17, 15) is 13.6 Å². The van der Waals surface area contributed by atoms with E-state index in [2.05, 4.69) is 46.7 Å². The van der Waals surface area contributed by atoms with Crippen molar-refractivity contribution in [2.45, 2.75) is 44.3 Å². The molecule has 1 fully saturated rings. The monoisotopic (exact) mass is 495 g/mol. The second-order valence-electron chi connectivity index (χ2n) is 10.3. The normalized spacial score (nSPS) is 18.0. The first-order valence-corrected chi connectivity index (χ1v) is 12.4. The van der Waals surface area contributed by atoms with E-state index >= 15 is 0 Å². The molecule has 0 spiro atoms. The summed E-state index contributed by atoms with van der Waals surface area (Å²) in [5, 5.41) is 2.06. The van der Waals surface area contributed by atoms with Gasteiger partial charge in [-0.05, 0) is 72.5 Å². The van der Waals surface area contributed by atoms with Gasteiger partial charge in [-0.2, -0.15) is 0 Å². The maximum atomic E-state index is 13.6. The Bertz CT molecular complexity index is 1650. The van der Waals surface area contributed by atoms with Crippen molar-refractivity contribution >= 4 is 22.6 Å². The van der Waals surface area contributed by atoms with Gasteiger partial charge in [0.15, 0.2) is 11.5 Å². The molecular weight excluding hydrogens is 472 g/mol. The smallest absolute Gasteiger partial charge is 0.395 e. The van der Waals surface area contributed by atoms with E-state index < -0.39 is 11.7 Å². The van der Waals surface area contributed by atoms with Crippen molar-refractivity contribution < 1.29 is 23.0 Å². The van der Waals surface area contributed by atoms with Gasteiger partial charge in [0.2, 0.25) is 0 Å². The molecule has 0 bridgehead atoms. The number of aromatic nitrogens is 1. The minimum Gasteiger partial charge on any atom is -0.395 e. The molecule has 1 saturated carbocycles. The Hall–Kier alpha value is -4.06. The molecule has 184 valence electrons. The van der Waals surface area contributed by atoms with E-state index in [4.69, 9.17) is 4.98 Å². The highest BCUT2D eigenvalue weighted by atomic mass is 19.3. The molecule has 4 aromatic rings. The van der Waals surface area contributed by atoms with Gasteiger partial charge in [0.1, 0.15) is 5.78 Å². The van der Waals surface area contributed by atoms with Gasteiger partial charge in [0.25, 0.3) is 0 Å². The third-order valence-corrected chi connectivity index (χ3v) is 7.66. The van der Waals surface area contributed by atoms with Crippen molar-refractivity contribution in [2.75, 3.05) is 0 Å². The molecule has 37 heavy (non-hydrogen) atoms. The van der Waals surface area contributed by atoms with Crippen LogP contribution in [0.3, 0.4) is 0 Å². The Morgan fingerprint density at radius 2 is 1.78 bits per heavy atom. The van der Waals surface area contributed by atoms with Gasteiger partial charge in [0.05, 0.1) is 11.1 Å². The Balaban J connectivity index is 1.24. The molecule has 2 aliphatic carbocycles. The van der Waals surface area contributed by atoms with E-state index in [1.807, 2.05) is 24.3 Å². The molecule has 0 N–H and O–H groups in total. The first-order valence-electron chi connectivity index (χ1n) is 12.4. The number of carbonyl (C=O) groups excluding carboxylic acids is 1. The number of nitrogens with zero attached hydrogens (tertiary/aromatic N) is 1. The number of ether oxygens (including phenoxy) is 2. The van der Waals surface area contributed by atoms with Crippen molar-refractivity contribution in [1.82, 2.24) is 4.98 Å². The van der Waals surface area contributed by atoms with Gasteiger partial charge in [-0.15, -0.1) is 8.78 Å². The lowest BCUT2D eigenvalue weighted by Gasteiger charge is -2.16. The number of Topliss-reactive ketones (excluding diaryl/α,β-unsaturated/α-hetero) is 1. The highest BCUT2D eigenvalue weighted by Crippen LogP contribution is 2.52. The van der Waals surface area contributed by atoms with Gasteiger partial charge >= 0.3 is 6.29 Å².